The second-order valence-corrected chi connectivity index (χ2v) is 6.90. The molecular formula is C18H28N2O. The molecule has 0 bridgehead atoms. The van der Waals surface area contributed by atoms with Crippen molar-refractivity contribution >= 4 is 11.6 Å². The first-order valence-electron chi connectivity index (χ1n) is 8.11. The molecule has 3 heteroatoms. The fourth-order valence-electron chi connectivity index (χ4n) is 2.84. The summed E-state index contributed by atoms with van der Waals surface area (Å²) in [5, 5.41) is 3.20. The molecule has 3 nitrogen and oxygen atoms in total. The van der Waals surface area contributed by atoms with Crippen LogP contribution in [0.5, 0.6) is 0 Å². The third-order valence-electron chi connectivity index (χ3n) is 4.44. The van der Waals surface area contributed by atoms with Crippen LogP contribution in [-0.4, -0.2) is 11.9 Å². The molecule has 1 saturated carbocycles. The van der Waals surface area contributed by atoms with E-state index in [4.69, 9.17) is 5.73 Å². The Hall–Kier alpha value is -1.51. The minimum Gasteiger partial charge on any atom is -0.399 e. The molecule has 1 amide bonds. The fraction of sp³-hybridized carbons (Fsp3) is 0.611. The van der Waals surface area contributed by atoms with E-state index in [2.05, 4.69) is 26.1 Å². The smallest absolute Gasteiger partial charge is 0.230 e. The van der Waals surface area contributed by atoms with Gasteiger partial charge in [0.05, 0.1) is 5.41 Å². The Labute approximate surface area is 128 Å². The van der Waals surface area contributed by atoms with Gasteiger partial charge < -0.3 is 11.1 Å². The zero-order valence-corrected chi connectivity index (χ0v) is 13.5. The molecule has 1 unspecified atom stereocenters. The zero-order valence-electron chi connectivity index (χ0n) is 13.5. The molecule has 0 radical (unpaired) electrons. The molecule has 0 heterocycles. The third-order valence-corrected chi connectivity index (χ3v) is 4.44. The van der Waals surface area contributed by atoms with Gasteiger partial charge in [0, 0.05) is 11.7 Å². The molecule has 1 aliphatic rings. The summed E-state index contributed by atoms with van der Waals surface area (Å²) in [4.78, 5) is 12.6. The first-order valence-corrected chi connectivity index (χ1v) is 8.11. The van der Waals surface area contributed by atoms with E-state index < -0.39 is 0 Å². The predicted molar refractivity (Wildman–Crippen MR) is 88.1 cm³/mol. The van der Waals surface area contributed by atoms with Gasteiger partial charge in [-0.15, -0.1) is 0 Å². The lowest BCUT2D eigenvalue weighted by molar-refractivity contribution is -0.124. The maximum Gasteiger partial charge on any atom is 0.230 e. The number of benzene rings is 1. The van der Waals surface area contributed by atoms with Gasteiger partial charge in [-0.1, -0.05) is 38.8 Å². The number of amides is 1. The fourth-order valence-corrected chi connectivity index (χ4v) is 2.84. The number of nitrogen functional groups attached to an aromatic ring is 1. The van der Waals surface area contributed by atoms with E-state index in [0.717, 1.165) is 36.4 Å². The minimum absolute atomic E-state index is 0.185. The molecule has 0 aromatic heterocycles. The molecule has 0 aliphatic heterocycles. The second-order valence-electron chi connectivity index (χ2n) is 6.90. The van der Waals surface area contributed by atoms with Crippen molar-refractivity contribution in [2.24, 2.45) is 5.92 Å². The van der Waals surface area contributed by atoms with Crippen molar-refractivity contribution in [3.05, 3.63) is 29.8 Å². The zero-order chi connectivity index (χ0) is 15.5. The second kappa shape index (κ2) is 6.50. The topological polar surface area (TPSA) is 55.1 Å². The van der Waals surface area contributed by atoms with Crippen molar-refractivity contribution in [1.82, 2.24) is 5.32 Å². The summed E-state index contributed by atoms with van der Waals surface area (Å²) in [5.41, 5.74) is 7.28. The average molecular weight is 288 g/mol. The van der Waals surface area contributed by atoms with Crippen LogP contribution in [0.4, 0.5) is 5.69 Å². The number of hydrogen-bond acceptors (Lipinski definition) is 2. The molecule has 1 aliphatic carbocycles. The number of carbonyl (C=O) groups excluding carboxylic acids is 1. The van der Waals surface area contributed by atoms with Crippen molar-refractivity contribution in [3.8, 4) is 0 Å². The van der Waals surface area contributed by atoms with Gasteiger partial charge in [0.15, 0.2) is 0 Å². The lowest BCUT2D eigenvalue weighted by Crippen LogP contribution is -2.40. The third kappa shape index (κ3) is 3.99. The van der Waals surface area contributed by atoms with Crippen LogP contribution < -0.4 is 11.1 Å². The van der Waals surface area contributed by atoms with Crippen molar-refractivity contribution in [3.63, 3.8) is 0 Å². The standard InChI is InChI=1S/C18H28N2O/c1-13(2)5-4-6-14(3)20-17(21)18(11-12-18)15-7-9-16(19)10-8-15/h7-10,13-14H,4-6,11-12,19H2,1-3H3,(H,20,21). The molecule has 0 spiro atoms. The predicted octanol–water partition coefficient (Wildman–Crippen LogP) is 3.63. The highest BCUT2D eigenvalue weighted by Crippen LogP contribution is 2.48. The average Bonchev–Trinajstić information content (AvgIpc) is 3.20. The van der Waals surface area contributed by atoms with Gasteiger partial charge >= 0.3 is 0 Å². The minimum atomic E-state index is -0.292. The Balaban J connectivity index is 1.89. The molecule has 0 saturated heterocycles. The normalized spacial score (nSPS) is 17.5. The number of hydrogen-bond donors (Lipinski definition) is 2. The molecule has 1 fully saturated rings. The van der Waals surface area contributed by atoms with Gasteiger partial charge in [0.25, 0.3) is 0 Å². The molecule has 21 heavy (non-hydrogen) atoms. The highest BCUT2D eigenvalue weighted by Gasteiger charge is 2.51. The molecule has 1 aromatic carbocycles. The van der Waals surface area contributed by atoms with E-state index >= 15 is 0 Å². The van der Waals surface area contributed by atoms with Crippen LogP contribution in [0.25, 0.3) is 0 Å². The van der Waals surface area contributed by atoms with Gasteiger partial charge in [0.2, 0.25) is 5.91 Å². The number of carbonyl (C=O) groups is 1. The highest BCUT2D eigenvalue weighted by molar-refractivity contribution is 5.91. The van der Waals surface area contributed by atoms with Gasteiger partial charge in [-0.05, 0) is 49.8 Å². The Kier molecular flexibility index (Phi) is 4.92. The van der Waals surface area contributed by atoms with Crippen LogP contribution in [0.2, 0.25) is 0 Å². The quantitative estimate of drug-likeness (QED) is 0.753. The molecular weight excluding hydrogens is 260 g/mol. The highest BCUT2D eigenvalue weighted by atomic mass is 16.2. The first-order chi connectivity index (χ1) is 9.94. The molecule has 3 N–H and O–H groups in total. The van der Waals surface area contributed by atoms with Crippen molar-refractivity contribution in [1.29, 1.82) is 0 Å². The number of nitrogens with two attached hydrogens (primary N) is 1. The Morgan fingerprint density at radius 3 is 2.33 bits per heavy atom. The number of anilines is 1. The Morgan fingerprint density at radius 1 is 1.19 bits per heavy atom. The Morgan fingerprint density at radius 2 is 1.81 bits per heavy atom. The number of nitrogens with one attached hydrogen (secondary N) is 1. The van der Waals surface area contributed by atoms with E-state index in [1.54, 1.807) is 0 Å². The van der Waals surface area contributed by atoms with Crippen LogP contribution in [0, 0.1) is 5.92 Å². The summed E-state index contributed by atoms with van der Waals surface area (Å²) in [6, 6.07) is 8.00. The lowest BCUT2D eigenvalue weighted by atomic mass is 9.94. The first kappa shape index (κ1) is 15.9. The summed E-state index contributed by atoms with van der Waals surface area (Å²) in [6.07, 6.45) is 5.35. The maximum absolute atomic E-state index is 12.6. The van der Waals surface area contributed by atoms with Gasteiger partial charge in [-0.3, -0.25) is 4.79 Å². The van der Waals surface area contributed by atoms with Crippen molar-refractivity contribution in [2.75, 3.05) is 5.73 Å². The summed E-state index contributed by atoms with van der Waals surface area (Å²) in [6.45, 7) is 6.59. The van der Waals surface area contributed by atoms with Crippen LogP contribution in [0.3, 0.4) is 0 Å². The maximum atomic E-state index is 12.6. The SMILES string of the molecule is CC(C)CCCC(C)NC(=O)C1(c2ccc(N)cc2)CC1. The van der Waals surface area contributed by atoms with Crippen LogP contribution >= 0.6 is 0 Å². The summed E-state index contributed by atoms with van der Waals surface area (Å²) in [5.74, 6) is 0.918. The van der Waals surface area contributed by atoms with Crippen molar-refractivity contribution < 1.29 is 4.79 Å². The summed E-state index contributed by atoms with van der Waals surface area (Å²) < 4.78 is 0. The monoisotopic (exact) mass is 288 g/mol. The van der Waals surface area contributed by atoms with E-state index in [1.165, 1.54) is 12.8 Å². The van der Waals surface area contributed by atoms with Crippen molar-refractivity contribution in [2.45, 2.75) is 64.3 Å². The molecule has 116 valence electrons. The van der Waals surface area contributed by atoms with E-state index in [9.17, 15) is 4.79 Å². The van der Waals surface area contributed by atoms with E-state index in [-0.39, 0.29) is 17.4 Å². The van der Waals surface area contributed by atoms with E-state index in [0.29, 0.717) is 0 Å². The summed E-state index contributed by atoms with van der Waals surface area (Å²) in [7, 11) is 0. The van der Waals surface area contributed by atoms with Crippen LogP contribution in [0.1, 0.15) is 58.4 Å². The molecule has 1 atom stereocenters. The summed E-state index contributed by atoms with van der Waals surface area (Å²) >= 11 is 0. The van der Waals surface area contributed by atoms with Gasteiger partial charge in [-0.2, -0.15) is 0 Å². The van der Waals surface area contributed by atoms with E-state index in [1.807, 2.05) is 24.3 Å². The van der Waals surface area contributed by atoms with Gasteiger partial charge in [0.1, 0.15) is 0 Å². The number of rotatable bonds is 7. The molecule has 1 aromatic rings. The largest absolute Gasteiger partial charge is 0.399 e. The lowest BCUT2D eigenvalue weighted by Gasteiger charge is -2.20. The van der Waals surface area contributed by atoms with Gasteiger partial charge in [-0.25, -0.2) is 0 Å². The Bertz CT molecular complexity index is 474. The molecule has 2 rings (SSSR count). The van der Waals surface area contributed by atoms with Crippen LogP contribution in [0.15, 0.2) is 24.3 Å². The van der Waals surface area contributed by atoms with Crippen LogP contribution in [-0.2, 0) is 10.2 Å².